The Bertz CT molecular complexity index is 525. The van der Waals surface area contributed by atoms with Crippen molar-refractivity contribution >= 4 is 21.4 Å². The molecule has 0 aliphatic rings. The van der Waals surface area contributed by atoms with E-state index in [-0.39, 0.29) is 0 Å². The minimum atomic E-state index is 0.714. The van der Waals surface area contributed by atoms with Gasteiger partial charge in [0.1, 0.15) is 0 Å². The number of nitrogens with one attached hydrogen (secondary N) is 1. The molecule has 0 fully saturated rings. The lowest BCUT2D eigenvalue weighted by Gasteiger charge is -2.07. The van der Waals surface area contributed by atoms with E-state index in [1.54, 1.807) is 0 Å². The minimum absolute atomic E-state index is 0.714. The Hall–Kier alpha value is -0.860. The molecule has 0 saturated carbocycles. The van der Waals surface area contributed by atoms with Crippen LogP contribution in [-0.2, 0) is 13.0 Å². The fraction of sp³-hybridized carbons (Fsp3) is 0.500. The summed E-state index contributed by atoms with van der Waals surface area (Å²) < 4.78 is 1.47. The van der Waals surface area contributed by atoms with Crippen LogP contribution in [0.4, 0.5) is 0 Å². The molecule has 0 saturated heterocycles. The molecule has 0 aliphatic heterocycles. The molecule has 0 unspecified atom stereocenters. The molecular formula is C16H23NS. The monoisotopic (exact) mass is 261 g/mol. The van der Waals surface area contributed by atoms with Crippen molar-refractivity contribution in [2.75, 3.05) is 6.54 Å². The van der Waals surface area contributed by atoms with Crippen LogP contribution < -0.4 is 5.32 Å². The Morgan fingerprint density at radius 2 is 2.06 bits per heavy atom. The Morgan fingerprint density at radius 3 is 2.72 bits per heavy atom. The first-order valence-corrected chi connectivity index (χ1v) is 7.65. The summed E-state index contributed by atoms with van der Waals surface area (Å²) in [4.78, 5) is 1.52. The summed E-state index contributed by atoms with van der Waals surface area (Å²) in [6.45, 7) is 11.1. The normalized spacial score (nSPS) is 11.6. The summed E-state index contributed by atoms with van der Waals surface area (Å²) in [6.07, 6.45) is 1.13. The van der Waals surface area contributed by atoms with Crippen LogP contribution in [0.1, 0.15) is 36.8 Å². The van der Waals surface area contributed by atoms with Crippen LogP contribution in [0, 0.1) is 12.8 Å². The van der Waals surface area contributed by atoms with Crippen LogP contribution in [0.2, 0.25) is 0 Å². The quantitative estimate of drug-likeness (QED) is 0.834. The molecule has 1 nitrogen and oxygen atoms in total. The molecule has 1 N–H and O–H groups in total. The van der Waals surface area contributed by atoms with E-state index < -0.39 is 0 Å². The fourth-order valence-electron chi connectivity index (χ4n) is 2.37. The summed E-state index contributed by atoms with van der Waals surface area (Å²) in [5.74, 6) is 0.714. The zero-order chi connectivity index (χ0) is 13.1. The fourth-order valence-corrected chi connectivity index (χ4v) is 3.69. The maximum absolute atomic E-state index is 3.57. The third-order valence-corrected chi connectivity index (χ3v) is 4.67. The van der Waals surface area contributed by atoms with Gasteiger partial charge in [0, 0.05) is 16.1 Å². The molecule has 1 aromatic carbocycles. The van der Waals surface area contributed by atoms with Crippen LogP contribution in [0.3, 0.4) is 0 Å². The van der Waals surface area contributed by atoms with Gasteiger partial charge in [-0.2, -0.15) is 0 Å². The molecule has 1 aromatic heterocycles. The van der Waals surface area contributed by atoms with E-state index in [4.69, 9.17) is 0 Å². The van der Waals surface area contributed by atoms with Gasteiger partial charge in [0.25, 0.3) is 0 Å². The van der Waals surface area contributed by atoms with E-state index in [9.17, 15) is 0 Å². The highest BCUT2D eigenvalue weighted by molar-refractivity contribution is 7.19. The molecule has 0 amide bonds. The molecule has 2 aromatic rings. The molecule has 18 heavy (non-hydrogen) atoms. The topological polar surface area (TPSA) is 12.0 Å². The molecule has 0 radical (unpaired) electrons. The van der Waals surface area contributed by atoms with Gasteiger partial charge in [-0.25, -0.2) is 0 Å². The third kappa shape index (κ3) is 2.76. The second kappa shape index (κ2) is 5.85. The lowest BCUT2D eigenvalue weighted by molar-refractivity contribution is 0.554. The minimum Gasteiger partial charge on any atom is -0.312 e. The lowest BCUT2D eigenvalue weighted by Crippen LogP contribution is -2.18. The van der Waals surface area contributed by atoms with Gasteiger partial charge >= 0.3 is 0 Å². The van der Waals surface area contributed by atoms with Gasteiger partial charge in [0.2, 0.25) is 0 Å². The summed E-state index contributed by atoms with van der Waals surface area (Å²) in [5.41, 5.74) is 2.94. The van der Waals surface area contributed by atoms with Gasteiger partial charge in [-0.1, -0.05) is 39.0 Å². The summed E-state index contributed by atoms with van der Waals surface area (Å²) >= 11 is 1.96. The molecule has 2 heteroatoms. The average molecular weight is 261 g/mol. The lowest BCUT2D eigenvalue weighted by atomic mass is 10.1. The molecule has 98 valence electrons. The maximum atomic E-state index is 3.57. The van der Waals surface area contributed by atoms with Crippen LogP contribution in [0.15, 0.2) is 18.2 Å². The van der Waals surface area contributed by atoms with Gasteiger partial charge in [-0.05, 0) is 42.3 Å². The number of aryl methyl sites for hydroxylation is 2. The Labute approximate surface area is 114 Å². The first kappa shape index (κ1) is 13.6. The van der Waals surface area contributed by atoms with E-state index in [1.165, 1.54) is 26.1 Å². The van der Waals surface area contributed by atoms with Crippen LogP contribution in [-0.4, -0.2) is 6.54 Å². The van der Waals surface area contributed by atoms with Crippen molar-refractivity contribution in [3.8, 4) is 0 Å². The van der Waals surface area contributed by atoms with Gasteiger partial charge in [-0.3, -0.25) is 0 Å². The van der Waals surface area contributed by atoms with E-state index >= 15 is 0 Å². The molecule has 2 rings (SSSR count). The maximum Gasteiger partial charge on any atom is 0.0378 e. The number of thiophene rings is 1. The summed E-state index contributed by atoms with van der Waals surface area (Å²) in [7, 11) is 0. The standard InChI is InChI=1S/C16H23NS/c1-5-13-14-8-6-7-12(4)16(14)18-15(13)10-17-9-11(2)3/h6-8,11,17H,5,9-10H2,1-4H3. The van der Waals surface area contributed by atoms with Crippen LogP contribution in [0.5, 0.6) is 0 Å². The first-order chi connectivity index (χ1) is 8.63. The average Bonchev–Trinajstić information content (AvgIpc) is 2.68. The predicted molar refractivity (Wildman–Crippen MR) is 82.5 cm³/mol. The van der Waals surface area contributed by atoms with Crippen molar-refractivity contribution in [2.45, 2.75) is 40.7 Å². The SMILES string of the molecule is CCc1c(CNCC(C)C)sc2c(C)cccc12. The van der Waals surface area contributed by atoms with E-state index in [1.807, 2.05) is 11.3 Å². The molecule has 1 heterocycles. The highest BCUT2D eigenvalue weighted by Gasteiger charge is 2.11. The van der Waals surface area contributed by atoms with Crippen molar-refractivity contribution < 1.29 is 0 Å². The molecule has 0 spiro atoms. The van der Waals surface area contributed by atoms with Crippen molar-refractivity contribution in [3.05, 3.63) is 34.2 Å². The summed E-state index contributed by atoms with van der Waals surface area (Å²) in [5, 5.41) is 5.03. The summed E-state index contributed by atoms with van der Waals surface area (Å²) in [6, 6.07) is 6.65. The van der Waals surface area contributed by atoms with Gasteiger partial charge in [0.05, 0.1) is 0 Å². The molecule has 0 aliphatic carbocycles. The zero-order valence-electron chi connectivity index (χ0n) is 11.8. The van der Waals surface area contributed by atoms with E-state index in [0.717, 1.165) is 19.5 Å². The number of hydrogen-bond donors (Lipinski definition) is 1. The number of hydrogen-bond acceptors (Lipinski definition) is 2. The number of rotatable bonds is 5. The molecule has 0 bridgehead atoms. The molecule has 0 atom stereocenters. The van der Waals surface area contributed by atoms with Crippen molar-refractivity contribution in [3.63, 3.8) is 0 Å². The number of benzene rings is 1. The highest BCUT2D eigenvalue weighted by atomic mass is 32.1. The zero-order valence-corrected chi connectivity index (χ0v) is 12.7. The van der Waals surface area contributed by atoms with Crippen LogP contribution in [0.25, 0.3) is 10.1 Å². The second-order valence-corrected chi connectivity index (χ2v) is 6.44. The second-order valence-electron chi connectivity index (χ2n) is 5.33. The number of fused-ring (bicyclic) bond motifs is 1. The third-order valence-electron chi connectivity index (χ3n) is 3.29. The first-order valence-electron chi connectivity index (χ1n) is 6.84. The Kier molecular flexibility index (Phi) is 4.41. The van der Waals surface area contributed by atoms with E-state index in [2.05, 4.69) is 51.2 Å². The molecular weight excluding hydrogens is 238 g/mol. The van der Waals surface area contributed by atoms with Crippen molar-refractivity contribution in [2.24, 2.45) is 5.92 Å². The highest BCUT2D eigenvalue weighted by Crippen LogP contribution is 2.33. The predicted octanol–water partition coefficient (Wildman–Crippen LogP) is 4.52. The van der Waals surface area contributed by atoms with Gasteiger partial charge in [0.15, 0.2) is 0 Å². The van der Waals surface area contributed by atoms with Crippen molar-refractivity contribution in [1.29, 1.82) is 0 Å². The van der Waals surface area contributed by atoms with Gasteiger partial charge < -0.3 is 5.32 Å². The largest absolute Gasteiger partial charge is 0.312 e. The Balaban J connectivity index is 2.29. The van der Waals surface area contributed by atoms with Gasteiger partial charge in [-0.15, -0.1) is 11.3 Å². The van der Waals surface area contributed by atoms with E-state index in [0.29, 0.717) is 5.92 Å². The van der Waals surface area contributed by atoms with Crippen molar-refractivity contribution in [1.82, 2.24) is 5.32 Å². The van der Waals surface area contributed by atoms with Crippen LogP contribution >= 0.6 is 11.3 Å². The Morgan fingerprint density at radius 1 is 1.28 bits per heavy atom. The smallest absolute Gasteiger partial charge is 0.0378 e.